The molecule has 2 aliphatic heterocycles. The Morgan fingerprint density at radius 2 is 1.76 bits per heavy atom. The molecule has 1 amide bonds. The molecule has 0 radical (unpaired) electrons. The summed E-state index contributed by atoms with van der Waals surface area (Å²) in [6.07, 6.45) is 7.29. The van der Waals surface area contributed by atoms with Crippen molar-refractivity contribution in [2.24, 2.45) is 11.3 Å². The molecule has 8 nitrogen and oxygen atoms in total. The Kier molecular flexibility index (Phi) is 4.35. The minimum absolute atomic E-state index is 0.160. The van der Waals surface area contributed by atoms with E-state index in [1.165, 1.54) is 32.6 Å². The van der Waals surface area contributed by atoms with Crippen molar-refractivity contribution in [1.82, 2.24) is 29.3 Å². The molecule has 1 aliphatic carbocycles. The Labute approximate surface area is 192 Å². The van der Waals surface area contributed by atoms with Crippen molar-refractivity contribution in [3.8, 4) is 11.1 Å². The number of fused-ring (bicyclic) bond motifs is 3. The maximum absolute atomic E-state index is 14.2. The second-order valence-electron chi connectivity index (χ2n) is 9.94. The lowest BCUT2D eigenvalue weighted by Gasteiger charge is -2.42. The molecule has 3 aliphatic rings. The van der Waals surface area contributed by atoms with Crippen molar-refractivity contribution in [2.75, 3.05) is 18.0 Å². The van der Waals surface area contributed by atoms with E-state index in [1.807, 2.05) is 6.07 Å². The number of alkyl halides is 4. The molecule has 2 saturated heterocycles. The first-order chi connectivity index (χ1) is 16.1. The third-order valence-corrected chi connectivity index (χ3v) is 7.66. The van der Waals surface area contributed by atoms with Crippen molar-refractivity contribution in [3.63, 3.8) is 0 Å². The summed E-state index contributed by atoms with van der Waals surface area (Å²) < 4.78 is 56.5. The second kappa shape index (κ2) is 6.92. The number of hydrogen-bond acceptors (Lipinski definition) is 5. The van der Waals surface area contributed by atoms with Gasteiger partial charge in [-0.2, -0.15) is 19.0 Å². The summed E-state index contributed by atoms with van der Waals surface area (Å²) >= 11 is 0. The number of piperazine rings is 1. The minimum atomic E-state index is -2.97. The van der Waals surface area contributed by atoms with Crippen LogP contribution in [0, 0.1) is 11.3 Å². The number of anilines is 1. The Morgan fingerprint density at radius 3 is 2.35 bits per heavy atom. The third-order valence-electron chi connectivity index (χ3n) is 7.66. The SMILES string of the molecule is CC1(C)C(C(=O)N2C3CCC2CN(c2ncnn4cc(-c5cnn(C(F)F)c5)cc24)C3)C1(F)F. The molecule has 6 rings (SSSR count). The van der Waals surface area contributed by atoms with Crippen LogP contribution in [0.25, 0.3) is 16.6 Å². The molecular formula is C22H23F4N7O. The molecule has 180 valence electrons. The number of rotatable bonds is 4. The van der Waals surface area contributed by atoms with Crippen LogP contribution >= 0.6 is 0 Å². The molecule has 5 heterocycles. The number of carbonyl (C=O) groups is 1. The van der Waals surface area contributed by atoms with Gasteiger partial charge in [0.2, 0.25) is 5.91 Å². The number of hydrogen-bond donors (Lipinski definition) is 0. The van der Waals surface area contributed by atoms with Gasteiger partial charge in [-0.15, -0.1) is 0 Å². The first-order valence-corrected chi connectivity index (χ1v) is 11.2. The van der Waals surface area contributed by atoms with Crippen LogP contribution in [-0.4, -0.2) is 66.3 Å². The predicted octanol–water partition coefficient (Wildman–Crippen LogP) is 3.46. The van der Waals surface area contributed by atoms with E-state index in [9.17, 15) is 22.4 Å². The van der Waals surface area contributed by atoms with E-state index >= 15 is 0 Å². The number of halogens is 4. The second-order valence-corrected chi connectivity index (χ2v) is 9.94. The third kappa shape index (κ3) is 2.89. The van der Waals surface area contributed by atoms with Gasteiger partial charge in [0, 0.05) is 54.1 Å². The lowest BCUT2D eigenvalue weighted by Crippen LogP contribution is -2.57. The van der Waals surface area contributed by atoms with Gasteiger partial charge >= 0.3 is 6.55 Å². The molecule has 3 aromatic heterocycles. The fraction of sp³-hybridized carbons (Fsp3) is 0.545. The molecule has 0 spiro atoms. The number of carbonyl (C=O) groups excluding carboxylic acids is 1. The molecule has 3 unspecified atom stereocenters. The lowest BCUT2D eigenvalue weighted by atomic mass is 10.1. The molecule has 0 aromatic carbocycles. The van der Waals surface area contributed by atoms with Crippen LogP contribution in [-0.2, 0) is 4.79 Å². The zero-order chi connectivity index (χ0) is 24.0. The highest BCUT2D eigenvalue weighted by Crippen LogP contribution is 2.66. The minimum Gasteiger partial charge on any atom is -0.351 e. The fourth-order valence-electron chi connectivity index (χ4n) is 5.62. The molecule has 3 atom stereocenters. The average molecular weight is 477 g/mol. The van der Waals surface area contributed by atoms with E-state index in [1.54, 1.807) is 15.6 Å². The van der Waals surface area contributed by atoms with E-state index in [4.69, 9.17) is 0 Å². The van der Waals surface area contributed by atoms with E-state index < -0.39 is 29.7 Å². The smallest absolute Gasteiger partial charge is 0.333 e. The van der Waals surface area contributed by atoms with Crippen LogP contribution < -0.4 is 4.90 Å². The van der Waals surface area contributed by atoms with Crippen LogP contribution in [0.1, 0.15) is 33.2 Å². The molecule has 2 bridgehead atoms. The largest absolute Gasteiger partial charge is 0.351 e. The van der Waals surface area contributed by atoms with Crippen molar-refractivity contribution >= 4 is 17.2 Å². The first-order valence-electron chi connectivity index (χ1n) is 11.2. The molecule has 3 aromatic rings. The van der Waals surface area contributed by atoms with Crippen LogP contribution in [0.3, 0.4) is 0 Å². The van der Waals surface area contributed by atoms with Gasteiger partial charge in [-0.1, -0.05) is 13.8 Å². The van der Waals surface area contributed by atoms with Crippen LogP contribution in [0.15, 0.2) is 31.0 Å². The summed E-state index contributed by atoms with van der Waals surface area (Å²) in [7, 11) is 0. The molecule has 3 fully saturated rings. The Hall–Kier alpha value is -3.18. The quantitative estimate of drug-likeness (QED) is 0.539. The van der Waals surface area contributed by atoms with Crippen LogP contribution in [0.2, 0.25) is 0 Å². The Morgan fingerprint density at radius 1 is 1.09 bits per heavy atom. The Bertz CT molecular complexity index is 1260. The van der Waals surface area contributed by atoms with E-state index in [2.05, 4.69) is 20.1 Å². The summed E-state index contributed by atoms with van der Waals surface area (Å²) in [5.74, 6) is -4.03. The highest BCUT2D eigenvalue weighted by atomic mass is 19.3. The topological polar surface area (TPSA) is 71.6 Å². The van der Waals surface area contributed by atoms with Gasteiger partial charge < -0.3 is 9.80 Å². The molecule has 34 heavy (non-hydrogen) atoms. The van der Waals surface area contributed by atoms with Crippen LogP contribution in [0.4, 0.5) is 23.4 Å². The fourth-order valence-corrected chi connectivity index (χ4v) is 5.62. The highest BCUT2D eigenvalue weighted by molar-refractivity contribution is 5.86. The average Bonchev–Trinajstić information content (AvgIpc) is 3.33. The van der Waals surface area contributed by atoms with Crippen molar-refractivity contribution in [1.29, 1.82) is 0 Å². The first kappa shape index (κ1) is 21.4. The van der Waals surface area contributed by atoms with Gasteiger partial charge in [-0.05, 0) is 18.9 Å². The van der Waals surface area contributed by atoms with Crippen molar-refractivity contribution in [2.45, 2.75) is 51.2 Å². The monoisotopic (exact) mass is 477 g/mol. The maximum Gasteiger partial charge on any atom is 0.333 e. The van der Waals surface area contributed by atoms with Gasteiger partial charge in [-0.3, -0.25) is 4.79 Å². The van der Waals surface area contributed by atoms with Gasteiger partial charge in [0.05, 0.1) is 6.20 Å². The summed E-state index contributed by atoms with van der Waals surface area (Å²) in [5, 5.41) is 7.93. The highest BCUT2D eigenvalue weighted by Gasteiger charge is 2.79. The van der Waals surface area contributed by atoms with Crippen LogP contribution in [0.5, 0.6) is 0 Å². The van der Waals surface area contributed by atoms with E-state index in [-0.39, 0.29) is 12.1 Å². The number of aromatic nitrogens is 5. The summed E-state index contributed by atoms with van der Waals surface area (Å²) in [6.45, 7) is 1.13. The zero-order valence-electron chi connectivity index (χ0n) is 18.6. The van der Waals surface area contributed by atoms with Crippen molar-refractivity contribution in [3.05, 3.63) is 31.0 Å². The van der Waals surface area contributed by atoms with Gasteiger partial charge in [0.1, 0.15) is 17.8 Å². The maximum atomic E-state index is 14.2. The Balaban J connectivity index is 1.27. The lowest BCUT2D eigenvalue weighted by molar-refractivity contribution is -0.138. The number of amides is 1. The normalized spacial score (nSPS) is 27.1. The number of nitrogens with zero attached hydrogens (tertiary/aromatic N) is 7. The predicted molar refractivity (Wildman–Crippen MR) is 114 cm³/mol. The van der Waals surface area contributed by atoms with E-state index in [0.29, 0.717) is 40.2 Å². The molecule has 0 N–H and O–H groups in total. The van der Waals surface area contributed by atoms with E-state index in [0.717, 1.165) is 12.8 Å². The summed E-state index contributed by atoms with van der Waals surface area (Å²) in [4.78, 5) is 21.3. The summed E-state index contributed by atoms with van der Waals surface area (Å²) in [5.41, 5.74) is 0.583. The molecular weight excluding hydrogens is 454 g/mol. The van der Waals surface area contributed by atoms with Crippen molar-refractivity contribution < 1.29 is 22.4 Å². The standard InChI is InChI=1S/C22H23F4N7O/c1-21(2)17(22(21,25)26)19(34)33-14-3-4-15(33)10-30(9-14)18-16-5-12(7-31(16)29-11-27-18)13-6-28-32(8-13)20(23)24/h5-8,11,14-15,17,20H,3-4,9-10H2,1-2H3. The molecule has 12 heteroatoms. The summed E-state index contributed by atoms with van der Waals surface area (Å²) in [6, 6.07) is 1.49. The zero-order valence-corrected chi connectivity index (χ0v) is 18.6. The van der Waals surface area contributed by atoms with Gasteiger partial charge in [0.25, 0.3) is 5.92 Å². The molecule has 1 saturated carbocycles. The van der Waals surface area contributed by atoms with Gasteiger partial charge in [-0.25, -0.2) is 23.0 Å². The van der Waals surface area contributed by atoms with Gasteiger partial charge in [0.15, 0.2) is 5.82 Å².